The Morgan fingerprint density at radius 2 is 1.90 bits per heavy atom. The van der Waals surface area contributed by atoms with Crippen molar-refractivity contribution in [1.82, 2.24) is 5.43 Å². The number of rotatable bonds is 1. The second-order valence-corrected chi connectivity index (χ2v) is 5.14. The zero-order valence-corrected chi connectivity index (χ0v) is 12.6. The predicted molar refractivity (Wildman–Crippen MR) is 88.4 cm³/mol. The minimum atomic E-state index is 0.683. The third-order valence-electron chi connectivity index (χ3n) is 3.42. The lowest BCUT2D eigenvalue weighted by atomic mass is 10.0. The molecular weight excluding hydrogens is 284 g/mol. The quantitative estimate of drug-likeness (QED) is 0.879. The van der Waals surface area contributed by atoms with E-state index in [1.807, 2.05) is 60.5 Å². The fourth-order valence-electron chi connectivity index (χ4n) is 2.36. The van der Waals surface area contributed by atoms with Crippen LogP contribution in [0.25, 0.3) is 0 Å². The molecule has 5 heteroatoms. The van der Waals surface area contributed by atoms with Crippen LogP contribution in [-0.2, 0) is 0 Å². The molecule has 0 radical (unpaired) electrons. The summed E-state index contributed by atoms with van der Waals surface area (Å²) in [5.74, 6) is 0.685. The highest BCUT2D eigenvalue weighted by molar-refractivity contribution is 6.32. The molecule has 0 fully saturated rings. The van der Waals surface area contributed by atoms with E-state index in [2.05, 4.69) is 15.5 Å². The standard InChI is InChI=1S/C16H15ClN4/c1-18-16-20-19-15(11-6-4-3-5-7-11)13-10-12(17)8-9-14(13)21(16)2/h3-10H,1-2H3,(H,18,20). The van der Waals surface area contributed by atoms with Crippen molar-refractivity contribution in [2.24, 2.45) is 10.1 Å². The molecule has 21 heavy (non-hydrogen) atoms. The van der Waals surface area contributed by atoms with E-state index in [0.717, 1.165) is 22.5 Å². The van der Waals surface area contributed by atoms with E-state index < -0.39 is 0 Å². The average Bonchev–Trinajstić information content (AvgIpc) is 2.65. The van der Waals surface area contributed by atoms with Gasteiger partial charge in [-0.2, -0.15) is 5.10 Å². The summed E-state index contributed by atoms with van der Waals surface area (Å²) in [6, 6.07) is 15.8. The average molecular weight is 299 g/mol. The molecule has 0 bridgehead atoms. The number of anilines is 1. The predicted octanol–water partition coefficient (Wildman–Crippen LogP) is 3.12. The van der Waals surface area contributed by atoms with E-state index in [-0.39, 0.29) is 0 Å². The molecule has 0 spiro atoms. The Bertz CT molecular complexity index is 722. The Labute approximate surface area is 128 Å². The highest BCUT2D eigenvalue weighted by Crippen LogP contribution is 2.28. The van der Waals surface area contributed by atoms with Crippen molar-refractivity contribution in [3.05, 3.63) is 64.7 Å². The number of halogens is 1. The van der Waals surface area contributed by atoms with E-state index in [9.17, 15) is 0 Å². The van der Waals surface area contributed by atoms with Crippen LogP contribution in [0.5, 0.6) is 0 Å². The molecule has 3 rings (SSSR count). The van der Waals surface area contributed by atoms with Crippen molar-refractivity contribution in [3.63, 3.8) is 0 Å². The molecule has 1 heterocycles. The Kier molecular flexibility index (Phi) is 3.62. The smallest absolute Gasteiger partial charge is 0.218 e. The van der Waals surface area contributed by atoms with Crippen LogP contribution in [0, 0.1) is 0 Å². The van der Waals surface area contributed by atoms with E-state index >= 15 is 0 Å². The lowest BCUT2D eigenvalue weighted by molar-refractivity contribution is 0.982. The molecule has 4 nitrogen and oxygen atoms in total. The molecule has 2 aromatic carbocycles. The minimum Gasteiger partial charge on any atom is -0.314 e. The van der Waals surface area contributed by atoms with Crippen LogP contribution >= 0.6 is 11.6 Å². The van der Waals surface area contributed by atoms with Crippen LogP contribution in [0.1, 0.15) is 11.1 Å². The van der Waals surface area contributed by atoms with Gasteiger partial charge in [-0.15, -0.1) is 0 Å². The van der Waals surface area contributed by atoms with Crippen molar-refractivity contribution in [3.8, 4) is 0 Å². The molecule has 2 aromatic rings. The van der Waals surface area contributed by atoms with Crippen LogP contribution < -0.4 is 10.3 Å². The summed E-state index contributed by atoms with van der Waals surface area (Å²) < 4.78 is 0. The number of nitrogens with zero attached hydrogens (tertiary/aromatic N) is 3. The van der Waals surface area contributed by atoms with Crippen LogP contribution in [0.2, 0.25) is 5.02 Å². The van der Waals surface area contributed by atoms with Gasteiger partial charge in [0.05, 0.1) is 5.69 Å². The van der Waals surface area contributed by atoms with Gasteiger partial charge in [0.25, 0.3) is 0 Å². The van der Waals surface area contributed by atoms with Crippen LogP contribution in [0.15, 0.2) is 58.6 Å². The first-order valence-corrected chi connectivity index (χ1v) is 6.98. The van der Waals surface area contributed by atoms with Gasteiger partial charge < -0.3 is 4.90 Å². The van der Waals surface area contributed by atoms with Gasteiger partial charge in [-0.05, 0) is 18.2 Å². The first-order valence-electron chi connectivity index (χ1n) is 6.60. The molecule has 0 unspecified atom stereocenters. The Morgan fingerprint density at radius 1 is 1.14 bits per heavy atom. The van der Waals surface area contributed by atoms with Gasteiger partial charge in [0.2, 0.25) is 5.96 Å². The molecule has 0 aromatic heterocycles. The van der Waals surface area contributed by atoms with Gasteiger partial charge >= 0.3 is 0 Å². The second-order valence-electron chi connectivity index (χ2n) is 4.71. The summed E-state index contributed by atoms with van der Waals surface area (Å²) in [5.41, 5.74) is 6.87. The normalized spacial score (nSPS) is 16.0. The highest BCUT2D eigenvalue weighted by Gasteiger charge is 2.21. The SMILES string of the molecule is CN=C1NN=C(c2ccccc2)c2cc(Cl)ccc2N1C. The third kappa shape index (κ3) is 2.50. The molecule has 0 saturated heterocycles. The zero-order chi connectivity index (χ0) is 14.8. The summed E-state index contributed by atoms with van der Waals surface area (Å²) in [6.07, 6.45) is 0. The monoisotopic (exact) mass is 298 g/mol. The van der Waals surface area contributed by atoms with Crippen molar-refractivity contribution in [1.29, 1.82) is 0 Å². The molecule has 1 aliphatic rings. The maximum Gasteiger partial charge on any atom is 0.218 e. The summed E-state index contributed by atoms with van der Waals surface area (Å²) in [5, 5.41) is 5.20. The summed E-state index contributed by atoms with van der Waals surface area (Å²) in [6.45, 7) is 0. The van der Waals surface area contributed by atoms with Crippen LogP contribution in [0.4, 0.5) is 5.69 Å². The maximum atomic E-state index is 6.18. The lowest BCUT2D eigenvalue weighted by Gasteiger charge is -2.20. The first kappa shape index (κ1) is 13.6. The second kappa shape index (κ2) is 5.58. The Balaban J connectivity index is 2.23. The van der Waals surface area contributed by atoms with E-state index in [1.165, 1.54) is 0 Å². The van der Waals surface area contributed by atoms with Crippen LogP contribution in [-0.4, -0.2) is 25.8 Å². The molecule has 0 saturated carbocycles. The summed E-state index contributed by atoms with van der Waals surface area (Å²) in [7, 11) is 3.68. The number of fused-ring (bicyclic) bond motifs is 1. The lowest BCUT2D eigenvalue weighted by Crippen LogP contribution is -2.35. The number of benzene rings is 2. The first-order chi connectivity index (χ1) is 10.2. The van der Waals surface area contributed by atoms with Crippen LogP contribution in [0.3, 0.4) is 0 Å². The highest BCUT2D eigenvalue weighted by atomic mass is 35.5. The fourth-order valence-corrected chi connectivity index (χ4v) is 2.53. The van der Waals surface area contributed by atoms with Gasteiger partial charge in [0.1, 0.15) is 5.71 Å². The van der Waals surface area contributed by atoms with Gasteiger partial charge in [-0.1, -0.05) is 41.9 Å². The topological polar surface area (TPSA) is 40.0 Å². The molecule has 0 atom stereocenters. The van der Waals surface area contributed by atoms with Gasteiger partial charge in [-0.25, -0.2) is 5.43 Å². The van der Waals surface area contributed by atoms with Gasteiger partial charge in [0, 0.05) is 30.2 Å². The molecule has 0 aliphatic carbocycles. The number of hydrogen-bond acceptors (Lipinski definition) is 2. The minimum absolute atomic E-state index is 0.683. The molecule has 0 amide bonds. The van der Waals surface area contributed by atoms with E-state index in [1.54, 1.807) is 7.05 Å². The third-order valence-corrected chi connectivity index (χ3v) is 3.65. The fraction of sp³-hybridized carbons (Fsp3) is 0.125. The number of aliphatic imine (C=N–C) groups is 1. The van der Waals surface area contributed by atoms with Gasteiger partial charge in [0.15, 0.2) is 0 Å². The number of hydrazone groups is 1. The van der Waals surface area contributed by atoms with E-state index in [0.29, 0.717) is 11.0 Å². The molecular formula is C16H15ClN4. The Morgan fingerprint density at radius 3 is 2.62 bits per heavy atom. The van der Waals surface area contributed by atoms with Crippen molar-refractivity contribution < 1.29 is 0 Å². The van der Waals surface area contributed by atoms with Crippen molar-refractivity contribution >= 4 is 29.0 Å². The molecule has 106 valence electrons. The summed E-state index contributed by atoms with van der Waals surface area (Å²) in [4.78, 5) is 6.19. The molecule has 1 N–H and O–H groups in total. The molecule has 1 aliphatic heterocycles. The summed E-state index contributed by atoms with van der Waals surface area (Å²) >= 11 is 6.18. The van der Waals surface area contributed by atoms with E-state index in [4.69, 9.17) is 11.6 Å². The van der Waals surface area contributed by atoms with Crippen molar-refractivity contribution in [2.45, 2.75) is 0 Å². The number of guanidine groups is 1. The Hall–Kier alpha value is -2.33. The largest absolute Gasteiger partial charge is 0.314 e. The van der Waals surface area contributed by atoms with Gasteiger partial charge in [-0.3, -0.25) is 4.99 Å². The number of hydrogen-bond donors (Lipinski definition) is 1. The maximum absolute atomic E-state index is 6.18. The van der Waals surface area contributed by atoms with Crippen molar-refractivity contribution in [2.75, 3.05) is 19.0 Å². The number of nitrogens with one attached hydrogen (secondary N) is 1. The zero-order valence-electron chi connectivity index (χ0n) is 11.8.